The van der Waals surface area contributed by atoms with Crippen LogP contribution in [0.4, 0.5) is 5.13 Å². The lowest BCUT2D eigenvalue weighted by Gasteiger charge is -2.41. The molecule has 0 bridgehead atoms. The summed E-state index contributed by atoms with van der Waals surface area (Å²) in [4.78, 5) is 21.4. The molecule has 2 aliphatic heterocycles. The summed E-state index contributed by atoms with van der Waals surface area (Å²) in [7, 11) is 0. The molecule has 0 saturated carbocycles. The second kappa shape index (κ2) is 5.76. The number of hydrogen-bond donors (Lipinski definition) is 0. The normalized spacial score (nSPS) is 19.2. The molecule has 2 saturated heterocycles. The Hall–Kier alpha value is -1.66. The molecule has 2 aliphatic rings. The van der Waals surface area contributed by atoms with Gasteiger partial charge in [-0.2, -0.15) is 0 Å². The van der Waals surface area contributed by atoms with Crippen molar-refractivity contribution in [2.24, 2.45) is 5.92 Å². The number of amides is 1. The molecule has 0 N–H and O–H groups in total. The zero-order valence-electron chi connectivity index (χ0n) is 13.5. The van der Waals surface area contributed by atoms with Crippen molar-refractivity contribution in [3.8, 4) is 0 Å². The Morgan fingerprint density at radius 1 is 1.26 bits per heavy atom. The fourth-order valence-electron chi connectivity index (χ4n) is 3.33. The van der Waals surface area contributed by atoms with Crippen molar-refractivity contribution in [3.63, 3.8) is 0 Å². The first-order chi connectivity index (χ1) is 11.1. The number of rotatable bonds is 2. The Bertz CT molecular complexity index is 746. The van der Waals surface area contributed by atoms with Gasteiger partial charge < -0.3 is 14.5 Å². The molecule has 2 aromatic rings. The maximum Gasteiger partial charge on any atom is 0.229 e. The van der Waals surface area contributed by atoms with Gasteiger partial charge in [-0.25, -0.2) is 4.98 Å². The van der Waals surface area contributed by atoms with Crippen molar-refractivity contribution >= 4 is 32.6 Å². The summed E-state index contributed by atoms with van der Waals surface area (Å²) >= 11 is 1.73. The number of ether oxygens (including phenoxy) is 1. The van der Waals surface area contributed by atoms with Gasteiger partial charge in [0.05, 0.1) is 29.3 Å². The molecule has 5 nitrogen and oxygen atoms in total. The molecule has 23 heavy (non-hydrogen) atoms. The molecule has 2 fully saturated rings. The highest BCUT2D eigenvalue weighted by Gasteiger charge is 2.37. The summed E-state index contributed by atoms with van der Waals surface area (Å²) in [6.07, 6.45) is 0. The highest BCUT2D eigenvalue weighted by molar-refractivity contribution is 7.22. The summed E-state index contributed by atoms with van der Waals surface area (Å²) in [5, 5.41) is 1.04. The lowest BCUT2D eigenvalue weighted by Crippen LogP contribution is -2.56. The van der Waals surface area contributed by atoms with E-state index in [1.165, 1.54) is 15.8 Å². The molecule has 4 rings (SSSR count). The van der Waals surface area contributed by atoms with Crippen molar-refractivity contribution in [2.45, 2.75) is 13.8 Å². The molecule has 1 aromatic carbocycles. The van der Waals surface area contributed by atoms with Crippen LogP contribution >= 0.6 is 11.3 Å². The van der Waals surface area contributed by atoms with E-state index >= 15 is 0 Å². The van der Waals surface area contributed by atoms with E-state index in [1.54, 1.807) is 11.3 Å². The van der Waals surface area contributed by atoms with Crippen LogP contribution in [0.15, 0.2) is 12.1 Å². The van der Waals surface area contributed by atoms with Crippen LogP contribution in [-0.4, -0.2) is 55.2 Å². The number of anilines is 1. The molecular formula is C17H21N3O2S. The van der Waals surface area contributed by atoms with Gasteiger partial charge >= 0.3 is 0 Å². The molecule has 122 valence electrons. The molecule has 1 aromatic heterocycles. The maximum absolute atomic E-state index is 12.5. The monoisotopic (exact) mass is 331 g/mol. The first-order valence-corrected chi connectivity index (χ1v) is 8.93. The molecule has 0 atom stereocenters. The second-order valence-electron chi connectivity index (χ2n) is 6.46. The Labute approximate surface area is 139 Å². The quantitative estimate of drug-likeness (QED) is 0.846. The van der Waals surface area contributed by atoms with Crippen molar-refractivity contribution in [2.75, 3.05) is 44.3 Å². The molecular weight excluding hydrogens is 310 g/mol. The van der Waals surface area contributed by atoms with E-state index in [0.717, 1.165) is 36.8 Å². The van der Waals surface area contributed by atoms with Crippen LogP contribution in [0.3, 0.4) is 0 Å². The van der Waals surface area contributed by atoms with E-state index in [0.29, 0.717) is 13.2 Å². The predicted molar refractivity (Wildman–Crippen MR) is 92.2 cm³/mol. The number of thiazole rings is 1. The SMILES string of the molecule is Cc1cc(C)c2nc(N3CC(C(=O)N4CCOCC4)C3)sc2c1. The third-order valence-corrected chi connectivity index (χ3v) is 5.71. The van der Waals surface area contributed by atoms with Crippen molar-refractivity contribution in [3.05, 3.63) is 23.3 Å². The topological polar surface area (TPSA) is 45.7 Å². The van der Waals surface area contributed by atoms with Crippen LogP contribution < -0.4 is 4.90 Å². The minimum absolute atomic E-state index is 0.114. The van der Waals surface area contributed by atoms with Gasteiger partial charge in [-0.3, -0.25) is 4.79 Å². The van der Waals surface area contributed by atoms with E-state index in [1.807, 2.05) is 4.90 Å². The number of nitrogens with zero attached hydrogens (tertiary/aromatic N) is 3. The van der Waals surface area contributed by atoms with E-state index in [9.17, 15) is 4.79 Å². The first kappa shape index (κ1) is 14.9. The average molecular weight is 331 g/mol. The number of carbonyl (C=O) groups excluding carboxylic acids is 1. The zero-order valence-corrected chi connectivity index (χ0v) is 14.4. The molecule has 0 radical (unpaired) electrons. The van der Waals surface area contributed by atoms with Gasteiger partial charge in [0.25, 0.3) is 0 Å². The Balaban J connectivity index is 1.45. The second-order valence-corrected chi connectivity index (χ2v) is 7.47. The predicted octanol–water partition coefficient (Wildman–Crippen LogP) is 2.21. The average Bonchev–Trinajstić information content (AvgIpc) is 2.90. The third kappa shape index (κ3) is 2.70. The number of aryl methyl sites for hydroxylation is 2. The zero-order chi connectivity index (χ0) is 16.0. The molecule has 6 heteroatoms. The van der Waals surface area contributed by atoms with Gasteiger partial charge in [-0.15, -0.1) is 0 Å². The van der Waals surface area contributed by atoms with Crippen molar-refractivity contribution in [1.29, 1.82) is 0 Å². The molecule has 0 aliphatic carbocycles. The fraction of sp³-hybridized carbons (Fsp3) is 0.529. The summed E-state index contributed by atoms with van der Waals surface area (Å²) in [6, 6.07) is 4.37. The Kier molecular flexibility index (Phi) is 3.73. The largest absolute Gasteiger partial charge is 0.378 e. The van der Waals surface area contributed by atoms with Gasteiger partial charge in [-0.05, 0) is 31.0 Å². The number of fused-ring (bicyclic) bond motifs is 1. The summed E-state index contributed by atoms with van der Waals surface area (Å²) in [5.74, 6) is 0.389. The van der Waals surface area contributed by atoms with E-state index in [-0.39, 0.29) is 11.8 Å². The highest BCUT2D eigenvalue weighted by Crippen LogP contribution is 2.35. The molecule has 1 amide bonds. The smallest absolute Gasteiger partial charge is 0.229 e. The standard InChI is InChI=1S/C17H21N3O2S/c1-11-7-12(2)15-14(8-11)23-17(18-15)20-9-13(10-20)16(21)19-3-5-22-6-4-19/h7-8,13H,3-6,9-10H2,1-2H3. The lowest BCUT2D eigenvalue weighted by molar-refractivity contribution is -0.140. The van der Waals surface area contributed by atoms with E-state index in [4.69, 9.17) is 9.72 Å². The minimum atomic E-state index is 0.114. The maximum atomic E-state index is 12.5. The lowest BCUT2D eigenvalue weighted by atomic mass is 9.99. The molecule has 0 spiro atoms. The number of carbonyl (C=O) groups is 1. The van der Waals surface area contributed by atoms with Crippen molar-refractivity contribution < 1.29 is 9.53 Å². The number of aromatic nitrogens is 1. The van der Waals surface area contributed by atoms with E-state index in [2.05, 4.69) is 30.9 Å². The third-order valence-electron chi connectivity index (χ3n) is 4.64. The number of hydrogen-bond acceptors (Lipinski definition) is 5. The fourth-order valence-corrected chi connectivity index (χ4v) is 4.49. The Morgan fingerprint density at radius 2 is 2.00 bits per heavy atom. The Morgan fingerprint density at radius 3 is 2.74 bits per heavy atom. The summed E-state index contributed by atoms with van der Waals surface area (Å²) in [5.41, 5.74) is 3.59. The molecule has 0 unspecified atom stereocenters. The van der Waals surface area contributed by atoms with Gasteiger partial charge in [0.15, 0.2) is 5.13 Å². The highest BCUT2D eigenvalue weighted by atomic mass is 32.1. The summed E-state index contributed by atoms with van der Waals surface area (Å²) < 4.78 is 6.55. The van der Waals surface area contributed by atoms with Crippen LogP contribution in [0.25, 0.3) is 10.2 Å². The number of benzene rings is 1. The minimum Gasteiger partial charge on any atom is -0.378 e. The summed E-state index contributed by atoms with van der Waals surface area (Å²) in [6.45, 7) is 8.59. The van der Waals surface area contributed by atoms with Gasteiger partial charge in [0.1, 0.15) is 0 Å². The van der Waals surface area contributed by atoms with Gasteiger partial charge in [0.2, 0.25) is 5.91 Å². The van der Waals surface area contributed by atoms with Gasteiger partial charge in [-0.1, -0.05) is 17.4 Å². The van der Waals surface area contributed by atoms with Crippen LogP contribution in [-0.2, 0) is 9.53 Å². The molecule has 3 heterocycles. The van der Waals surface area contributed by atoms with Gasteiger partial charge in [0, 0.05) is 26.2 Å². The van der Waals surface area contributed by atoms with Crippen LogP contribution in [0.1, 0.15) is 11.1 Å². The first-order valence-electron chi connectivity index (χ1n) is 8.11. The number of morpholine rings is 1. The van der Waals surface area contributed by atoms with Crippen molar-refractivity contribution in [1.82, 2.24) is 9.88 Å². The van der Waals surface area contributed by atoms with Crippen LogP contribution in [0, 0.1) is 19.8 Å². The van der Waals surface area contributed by atoms with Crippen LogP contribution in [0.2, 0.25) is 0 Å². The van der Waals surface area contributed by atoms with E-state index < -0.39 is 0 Å². The van der Waals surface area contributed by atoms with Crippen LogP contribution in [0.5, 0.6) is 0 Å².